The maximum atomic E-state index is 5.91. The van der Waals surface area contributed by atoms with Gasteiger partial charge in [-0.3, -0.25) is 0 Å². The summed E-state index contributed by atoms with van der Waals surface area (Å²) >= 11 is 0. The van der Waals surface area contributed by atoms with Crippen LogP contribution < -0.4 is 5.73 Å². The van der Waals surface area contributed by atoms with E-state index < -0.39 is 8.07 Å². The summed E-state index contributed by atoms with van der Waals surface area (Å²) in [6.07, 6.45) is 7.65. The molecule has 0 spiro atoms. The van der Waals surface area contributed by atoms with Crippen molar-refractivity contribution in [3.05, 3.63) is 49.1 Å². The van der Waals surface area contributed by atoms with Gasteiger partial charge in [0, 0.05) is 44.0 Å². The summed E-state index contributed by atoms with van der Waals surface area (Å²) < 4.78 is 10.0. The average Bonchev–Trinajstić information content (AvgIpc) is 3.22. The number of nitrogen functional groups attached to an aromatic ring is 1. The van der Waals surface area contributed by atoms with E-state index in [0.29, 0.717) is 12.4 Å². The first-order valence-corrected chi connectivity index (χ1v) is 12.9. The molecule has 0 unspecified atom stereocenters. The molecule has 0 amide bonds. The molecule has 0 bridgehead atoms. The van der Waals surface area contributed by atoms with Crippen molar-refractivity contribution in [2.24, 2.45) is 0 Å². The van der Waals surface area contributed by atoms with Crippen molar-refractivity contribution in [3.8, 4) is 5.82 Å². The lowest BCUT2D eigenvalue weighted by molar-refractivity contribution is 0.0899. The number of pyridine rings is 2. The van der Waals surface area contributed by atoms with Crippen LogP contribution >= 0.6 is 0 Å². The predicted octanol–water partition coefficient (Wildman–Crippen LogP) is 4.27. The molecule has 4 rings (SSSR count). The van der Waals surface area contributed by atoms with Crippen molar-refractivity contribution in [2.75, 3.05) is 12.3 Å². The van der Waals surface area contributed by atoms with E-state index in [1.807, 2.05) is 30.7 Å². The first-order valence-electron chi connectivity index (χ1n) is 9.17. The van der Waals surface area contributed by atoms with Gasteiger partial charge in [-0.15, -0.1) is 0 Å². The highest BCUT2D eigenvalue weighted by molar-refractivity contribution is 6.76. The summed E-state index contributed by atoms with van der Waals surface area (Å²) in [5, 5.41) is 2.17. The first kappa shape index (κ1) is 17.8. The third kappa shape index (κ3) is 3.61. The number of hydrogen-bond acceptors (Lipinski definition) is 4. The molecule has 0 saturated heterocycles. The van der Waals surface area contributed by atoms with Gasteiger partial charge in [0.05, 0.1) is 17.4 Å². The van der Waals surface area contributed by atoms with Crippen LogP contribution in [0.1, 0.15) is 0 Å². The van der Waals surface area contributed by atoms with E-state index in [9.17, 15) is 0 Å². The molecular formula is C20H25N5OSi. The number of aromatic nitrogens is 4. The fourth-order valence-corrected chi connectivity index (χ4v) is 3.89. The molecule has 2 N–H and O–H groups in total. The number of nitrogens with zero attached hydrogens (tertiary/aromatic N) is 4. The lowest BCUT2D eigenvalue weighted by Crippen LogP contribution is -2.22. The van der Waals surface area contributed by atoms with Crippen LogP contribution in [-0.2, 0) is 11.5 Å². The van der Waals surface area contributed by atoms with Crippen LogP contribution in [0, 0.1) is 0 Å². The molecule has 7 heteroatoms. The highest BCUT2D eigenvalue weighted by Gasteiger charge is 2.14. The quantitative estimate of drug-likeness (QED) is 0.401. The van der Waals surface area contributed by atoms with Crippen LogP contribution in [0.4, 0.5) is 5.69 Å². The van der Waals surface area contributed by atoms with Crippen molar-refractivity contribution in [2.45, 2.75) is 32.4 Å². The van der Waals surface area contributed by atoms with Crippen LogP contribution in [0.25, 0.3) is 27.8 Å². The highest BCUT2D eigenvalue weighted by atomic mass is 28.3. The molecule has 0 atom stereocenters. The van der Waals surface area contributed by atoms with E-state index in [0.717, 1.165) is 40.4 Å². The molecular weight excluding hydrogens is 354 g/mol. The van der Waals surface area contributed by atoms with E-state index in [2.05, 4.69) is 50.9 Å². The van der Waals surface area contributed by atoms with Crippen molar-refractivity contribution >= 4 is 35.7 Å². The van der Waals surface area contributed by atoms with E-state index in [-0.39, 0.29) is 0 Å². The Labute approximate surface area is 159 Å². The molecule has 140 valence electrons. The van der Waals surface area contributed by atoms with Gasteiger partial charge in [0.25, 0.3) is 0 Å². The van der Waals surface area contributed by atoms with Crippen LogP contribution in [0.3, 0.4) is 0 Å². The molecule has 0 aromatic carbocycles. The maximum Gasteiger partial charge on any atom is 0.143 e. The summed E-state index contributed by atoms with van der Waals surface area (Å²) in [5.41, 5.74) is 8.45. The second-order valence-corrected chi connectivity index (χ2v) is 13.7. The summed E-state index contributed by atoms with van der Waals surface area (Å²) in [6, 6.07) is 9.11. The fourth-order valence-electron chi connectivity index (χ4n) is 3.14. The van der Waals surface area contributed by atoms with Crippen molar-refractivity contribution in [1.29, 1.82) is 0 Å². The number of rotatable bonds is 6. The molecule has 4 heterocycles. The molecule has 0 aliphatic heterocycles. The Balaban J connectivity index is 1.67. The zero-order valence-electron chi connectivity index (χ0n) is 16.0. The van der Waals surface area contributed by atoms with Gasteiger partial charge in [0.1, 0.15) is 18.2 Å². The van der Waals surface area contributed by atoms with E-state index in [4.69, 9.17) is 10.5 Å². The van der Waals surface area contributed by atoms with Crippen molar-refractivity contribution in [1.82, 2.24) is 19.1 Å². The number of hydrogen-bond donors (Lipinski definition) is 1. The monoisotopic (exact) mass is 379 g/mol. The van der Waals surface area contributed by atoms with Crippen LogP contribution in [0.15, 0.2) is 49.1 Å². The SMILES string of the molecule is C[Si](C)(C)CCOCn1ccc2c1ncc1ccn(-c3ccc(N)cn3)c12. The molecule has 0 saturated carbocycles. The molecule has 0 fully saturated rings. The van der Waals surface area contributed by atoms with E-state index >= 15 is 0 Å². The standard InChI is InChI=1S/C20H25N5OSi/c1-27(2,3)11-10-26-14-24-8-7-17-19-15(12-23-20(17)24)6-9-25(19)18-5-4-16(21)13-22-18/h4-9,12-13H,10-11,14,21H2,1-3H3. The zero-order valence-corrected chi connectivity index (χ0v) is 17.0. The van der Waals surface area contributed by atoms with Gasteiger partial charge in [-0.05, 0) is 30.3 Å². The van der Waals surface area contributed by atoms with Gasteiger partial charge < -0.3 is 19.6 Å². The third-order valence-electron chi connectivity index (χ3n) is 4.68. The van der Waals surface area contributed by atoms with Gasteiger partial charge in [-0.2, -0.15) is 0 Å². The number of nitrogens with two attached hydrogens (primary N) is 1. The highest BCUT2D eigenvalue weighted by Crippen LogP contribution is 2.27. The Bertz CT molecular complexity index is 1080. The second-order valence-electron chi connectivity index (χ2n) is 8.07. The van der Waals surface area contributed by atoms with Crippen LogP contribution in [0.5, 0.6) is 0 Å². The van der Waals surface area contributed by atoms with Crippen molar-refractivity contribution in [3.63, 3.8) is 0 Å². The van der Waals surface area contributed by atoms with E-state index in [1.54, 1.807) is 6.20 Å². The summed E-state index contributed by atoms with van der Waals surface area (Å²) in [4.78, 5) is 9.11. The van der Waals surface area contributed by atoms with Gasteiger partial charge in [-0.25, -0.2) is 9.97 Å². The summed E-state index contributed by atoms with van der Waals surface area (Å²) in [7, 11) is -1.08. The summed E-state index contributed by atoms with van der Waals surface area (Å²) in [5.74, 6) is 0.839. The minimum Gasteiger partial charge on any atom is -0.397 e. The first-order chi connectivity index (χ1) is 12.9. The lowest BCUT2D eigenvalue weighted by Gasteiger charge is -2.15. The molecule has 27 heavy (non-hydrogen) atoms. The lowest BCUT2D eigenvalue weighted by atomic mass is 10.2. The number of fused-ring (bicyclic) bond motifs is 3. The fraction of sp³-hybridized carbons (Fsp3) is 0.300. The zero-order chi connectivity index (χ0) is 19.0. The average molecular weight is 380 g/mol. The molecule has 4 aromatic heterocycles. The predicted molar refractivity (Wildman–Crippen MR) is 113 cm³/mol. The Hall–Kier alpha value is -2.64. The Morgan fingerprint density at radius 3 is 2.63 bits per heavy atom. The van der Waals surface area contributed by atoms with Crippen LogP contribution in [0.2, 0.25) is 25.7 Å². The minimum atomic E-state index is -1.08. The minimum absolute atomic E-state index is 0.521. The Morgan fingerprint density at radius 2 is 1.89 bits per heavy atom. The van der Waals surface area contributed by atoms with Crippen LogP contribution in [-0.4, -0.2) is 33.8 Å². The smallest absolute Gasteiger partial charge is 0.143 e. The Morgan fingerprint density at radius 1 is 1.04 bits per heavy atom. The Kier molecular flexibility index (Phi) is 4.49. The number of ether oxygens (including phenoxy) is 1. The molecule has 0 aliphatic rings. The van der Waals surface area contributed by atoms with Gasteiger partial charge >= 0.3 is 0 Å². The summed E-state index contributed by atoms with van der Waals surface area (Å²) in [6.45, 7) is 8.40. The topological polar surface area (TPSA) is 70.9 Å². The number of anilines is 1. The van der Waals surface area contributed by atoms with Gasteiger partial charge in [0.15, 0.2) is 0 Å². The molecule has 0 aliphatic carbocycles. The molecule has 4 aromatic rings. The third-order valence-corrected chi connectivity index (χ3v) is 6.38. The van der Waals surface area contributed by atoms with Gasteiger partial charge in [-0.1, -0.05) is 19.6 Å². The van der Waals surface area contributed by atoms with E-state index in [1.165, 1.54) is 0 Å². The van der Waals surface area contributed by atoms with Crippen molar-refractivity contribution < 1.29 is 4.74 Å². The second kappa shape index (κ2) is 6.83. The normalized spacial score (nSPS) is 12.3. The molecule has 6 nitrogen and oxygen atoms in total. The molecule has 0 radical (unpaired) electrons. The van der Waals surface area contributed by atoms with Gasteiger partial charge in [0.2, 0.25) is 0 Å². The maximum absolute atomic E-state index is 5.91. The largest absolute Gasteiger partial charge is 0.397 e.